The molecule has 1 aromatic heterocycles. The maximum atomic E-state index is 11.7. The van der Waals surface area contributed by atoms with E-state index in [0.717, 1.165) is 24.4 Å². The van der Waals surface area contributed by atoms with E-state index >= 15 is 0 Å². The topological polar surface area (TPSA) is 63.5 Å². The molecule has 0 aliphatic carbocycles. The molecular weight excluding hydrogens is 268 g/mol. The normalized spacial score (nSPS) is 13.0. The van der Waals surface area contributed by atoms with E-state index in [1.54, 1.807) is 0 Å². The first-order valence-corrected chi connectivity index (χ1v) is 7.55. The van der Waals surface area contributed by atoms with Crippen molar-refractivity contribution in [1.29, 1.82) is 0 Å². The van der Waals surface area contributed by atoms with Crippen LogP contribution in [0.15, 0.2) is 16.5 Å². The van der Waals surface area contributed by atoms with Crippen LogP contribution in [0.25, 0.3) is 0 Å². The van der Waals surface area contributed by atoms with Crippen LogP contribution in [0.2, 0.25) is 0 Å². The molecule has 1 amide bonds. The second kappa shape index (κ2) is 8.08. The Hall–Kier alpha value is -1.49. The molecule has 2 N–H and O–H groups in total. The van der Waals surface area contributed by atoms with Crippen molar-refractivity contribution < 1.29 is 13.9 Å². The van der Waals surface area contributed by atoms with Crippen LogP contribution in [0.5, 0.6) is 0 Å². The van der Waals surface area contributed by atoms with E-state index < -0.39 is 5.60 Å². The molecule has 0 aliphatic heterocycles. The van der Waals surface area contributed by atoms with Gasteiger partial charge in [-0.15, -0.1) is 0 Å². The fourth-order valence-corrected chi connectivity index (χ4v) is 1.97. The molecule has 0 aromatic carbocycles. The van der Waals surface area contributed by atoms with Crippen LogP contribution in [-0.2, 0) is 11.3 Å². The number of carbonyl (C=O) groups is 1. The zero-order valence-corrected chi connectivity index (χ0v) is 13.8. The quantitative estimate of drug-likeness (QED) is 0.809. The molecule has 1 atom stereocenters. The maximum Gasteiger partial charge on any atom is 0.407 e. The van der Waals surface area contributed by atoms with Gasteiger partial charge in [-0.05, 0) is 46.2 Å². The summed E-state index contributed by atoms with van der Waals surface area (Å²) in [7, 11) is 0. The van der Waals surface area contributed by atoms with E-state index in [0.29, 0.717) is 13.1 Å². The van der Waals surface area contributed by atoms with Gasteiger partial charge in [-0.25, -0.2) is 4.79 Å². The summed E-state index contributed by atoms with van der Waals surface area (Å²) in [6.07, 6.45) is 1.65. The maximum absolute atomic E-state index is 11.7. The largest absolute Gasteiger partial charge is 0.465 e. The Balaban J connectivity index is 2.37. The highest BCUT2D eigenvalue weighted by atomic mass is 16.6. The van der Waals surface area contributed by atoms with Gasteiger partial charge in [0, 0.05) is 12.6 Å². The third kappa shape index (κ3) is 7.75. The van der Waals surface area contributed by atoms with Crippen LogP contribution in [0.1, 0.15) is 52.1 Å². The smallest absolute Gasteiger partial charge is 0.407 e. The van der Waals surface area contributed by atoms with E-state index in [4.69, 9.17) is 9.15 Å². The first-order chi connectivity index (χ1) is 9.80. The molecule has 120 valence electrons. The molecule has 0 fully saturated rings. The zero-order chi connectivity index (χ0) is 15.9. The molecule has 21 heavy (non-hydrogen) atoms. The summed E-state index contributed by atoms with van der Waals surface area (Å²) >= 11 is 0. The monoisotopic (exact) mass is 296 g/mol. The molecule has 0 radical (unpaired) electrons. The Morgan fingerprint density at radius 1 is 1.38 bits per heavy atom. The molecule has 1 unspecified atom stereocenters. The van der Waals surface area contributed by atoms with Crippen molar-refractivity contribution in [2.24, 2.45) is 0 Å². The molecular formula is C16H28N2O3. The Bertz CT molecular complexity index is 435. The summed E-state index contributed by atoms with van der Waals surface area (Å²) in [6.45, 7) is 10.8. The average molecular weight is 296 g/mol. The highest BCUT2D eigenvalue weighted by molar-refractivity contribution is 5.67. The van der Waals surface area contributed by atoms with Crippen molar-refractivity contribution in [2.75, 3.05) is 6.54 Å². The lowest BCUT2D eigenvalue weighted by molar-refractivity contribution is 0.0521. The van der Waals surface area contributed by atoms with Gasteiger partial charge in [-0.1, -0.05) is 13.3 Å². The van der Waals surface area contributed by atoms with E-state index in [1.165, 1.54) is 0 Å². The van der Waals surface area contributed by atoms with Gasteiger partial charge in [0.15, 0.2) is 0 Å². The lowest BCUT2D eigenvalue weighted by Gasteiger charge is -2.22. The van der Waals surface area contributed by atoms with Gasteiger partial charge in [0.25, 0.3) is 0 Å². The predicted octanol–water partition coefficient (Wildman–Crippen LogP) is 3.37. The van der Waals surface area contributed by atoms with Gasteiger partial charge in [-0.2, -0.15) is 0 Å². The second-order valence-corrected chi connectivity index (χ2v) is 6.26. The number of hydrogen-bond acceptors (Lipinski definition) is 4. The van der Waals surface area contributed by atoms with Crippen LogP contribution in [0, 0.1) is 6.92 Å². The number of hydrogen-bond donors (Lipinski definition) is 2. The first-order valence-electron chi connectivity index (χ1n) is 7.55. The van der Waals surface area contributed by atoms with E-state index in [1.807, 2.05) is 39.8 Å². The highest BCUT2D eigenvalue weighted by Gasteiger charge is 2.17. The second-order valence-electron chi connectivity index (χ2n) is 6.26. The molecule has 0 spiro atoms. The van der Waals surface area contributed by atoms with Gasteiger partial charge in [-0.3, -0.25) is 0 Å². The van der Waals surface area contributed by atoms with Crippen molar-refractivity contribution in [3.63, 3.8) is 0 Å². The molecule has 0 bridgehead atoms. The Kier molecular flexibility index (Phi) is 6.75. The number of furan rings is 1. The predicted molar refractivity (Wildman–Crippen MR) is 83.2 cm³/mol. The number of nitrogens with one attached hydrogen (secondary N) is 2. The average Bonchev–Trinajstić information content (AvgIpc) is 2.76. The van der Waals surface area contributed by atoms with E-state index in [2.05, 4.69) is 17.6 Å². The fraction of sp³-hybridized carbons (Fsp3) is 0.688. The molecule has 0 aliphatic rings. The minimum absolute atomic E-state index is 0.202. The third-order valence-electron chi connectivity index (χ3n) is 2.89. The van der Waals surface area contributed by atoms with Gasteiger partial charge in [0.1, 0.15) is 17.1 Å². The van der Waals surface area contributed by atoms with Crippen molar-refractivity contribution in [2.45, 2.75) is 65.6 Å². The van der Waals surface area contributed by atoms with Crippen LogP contribution in [0.4, 0.5) is 4.79 Å². The summed E-state index contributed by atoms with van der Waals surface area (Å²) in [5, 5.41) is 6.22. The lowest BCUT2D eigenvalue weighted by Crippen LogP contribution is -2.42. The molecule has 5 nitrogen and oxygen atoms in total. The third-order valence-corrected chi connectivity index (χ3v) is 2.89. The van der Waals surface area contributed by atoms with Gasteiger partial charge in [0.05, 0.1) is 6.54 Å². The summed E-state index contributed by atoms with van der Waals surface area (Å²) in [6, 6.07) is 4.12. The van der Waals surface area contributed by atoms with Gasteiger partial charge < -0.3 is 19.8 Å². The first kappa shape index (κ1) is 17.6. The zero-order valence-electron chi connectivity index (χ0n) is 13.8. The van der Waals surface area contributed by atoms with Crippen molar-refractivity contribution >= 4 is 6.09 Å². The number of ether oxygens (including phenoxy) is 1. The number of carbonyl (C=O) groups excluding carboxylic acids is 1. The van der Waals surface area contributed by atoms with Crippen molar-refractivity contribution in [3.8, 4) is 0 Å². The van der Waals surface area contributed by atoms with Crippen LogP contribution in [-0.4, -0.2) is 24.3 Å². The molecule has 1 heterocycles. The van der Waals surface area contributed by atoms with Gasteiger partial charge >= 0.3 is 6.09 Å². The highest BCUT2D eigenvalue weighted by Crippen LogP contribution is 2.08. The lowest BCUT2D eigenvalue weighted by atomic mass is 10.1. The van der Waals surface area contributed by atoms with Gasteiger partial charge in [0.2, 0.25) is 0 Å². The van der Waals surface area contributed by atoms with E-state index in [9.17, 15) is 4.79 Å². The van der Waals surface area contributed by atoms with Crippen LogP contribution < -0.4 is 10.6 Å². The van der Waals surface area contributed by atoms with E-state index in [-0.39, 0.29) is 12.1 Å². The molecule has 5 heteroatoms. The number of aryl methyl sites for hydroxylation is 1. The minimum Gasteiger partial charge on any atom is -0.465 e. The Morgan fingerprint density at radius 3 is 2.62 bits per heavy atom. The summed E-state index contributed by atoms with van der Waals surface area (Å²) in [5.74, 6) is 1.82. The van der Waals surface area contributed by atoms with Crippen LogP contribution in [0.3, 0.4) is 0 Å². The molecule has 1 rings (SSSR count). The standard InChI is InChI=1S/C16H28N2O3/c1-6-7-13(10-18-15(19)21-16(3,4)5)17-11-14-9-8-12(2)20-14/h8-9,13,17H,6-7,10-11H2,1-5H3,(H,18,19). The Morgan fingerprint density at radius 2 is 2.10 bits per heavy atom. The molecule has 1 aromatic rings. The SMILES string of the molecule is CCCC(CNC(=O)OC(C)(C)C)NCc1ccc(C)o1. The van der Waals surface area contributed by atoms with Crippen molar-refractivity contribution in [3.05, 3.63) is 23.7 Å². The van der Waals surface area contributed by atoms with Crippen LogP contribution >= 0.6 is 0 Å². The molecule has 0 saturated heterocycles. The van der Waals surface area contributed by atoms with Crippen molar-refractivity contribution in [1.82, 2.24) is 10.6 Å². The number of alkyl carbamates (subject to hydrolysis) is 1. The molecule has 0 saturated carbocycles. The minimum atomic E-state index is -0.469. The summed E-state index contributed by atoms with van der Waals surface area (Å²) in [4.78, 5) is 11.7. The number of amides is 1. The number of rotatable bonds is 7. The summed E-state index contributed by atoms with van der Waals surface area (Å²) in [5.41, 5.74) is -0.469. The fourth-order valence-electron chi connectivity index (χ4n) is 1.97. The summed E-state index contributed by atoms with van der Waals surface area (Å²) < 4.78 is 10.8. The Labute approximate surface area is 127 Å².